The van der Waals surface area contributed by atoms with Crippen molar-refractivity contribution in [3.05, 3.63) is 30.1 Å². The van der Waals surface area contributed by atoms with E-state index in [9.17, 15) is 9.18 Å². The van der Waals surface area contributed by atoms with Gasteiger partial charge in [-0.2, -0.15) is 20.3 Å². The number of nitrogens with one attached hydrogen (secondary N) is 2. The number of H-pyrrole nitrogens is 1. The third kappa shape index (κ3) is 3.71. The van der Waals surface area contributed by atoms with E-state index in [2.05, 4.69) is 30.7 Å². The zero-order valence-corrected chi connectivity index (χ0v) is 15.4. The Bertz CT molecular complexity index is 976. The van der Waals surface area contributed by atoms with Gasteiger partial charge in [-0.05, 0) is 44.0 Å². The van der Waals surface area contributed by atoms with E-state index in [4.69, 9.17) is 4.74 Å². The predicted octanol–water partition coefficient (Wildman–Crippen LogP) is 2.41. The van der Waals surface area contributed by atoms with Gasteiger partial charge in [-0.15, -0.1) is 5.10 Å². The zero-order chi connectivity index (χ0) is 19.5. The normalized spacial score (nSPS) is 16.9. The Labute approximate surface area is 160 Å². The quantitative estimate of drug-likeness (QED) is 0.645. The highest BCUT2D eigenvalue weighted by molar-refractivity contribution is 5.85. The van der Waals surface area contributed by atoms with Gasteiger partial charge in [0, 0.05) is 18.8 Å². The van der Waals surface area contributed by atoms with Crippen LogP contribution >= 0.6 is 0 Å². The van der Waals surface area contributed by atoms with Gasteiger partial charge >= 0.3 is 5.97 Å². The molecule has 3 aromatic rings. The summed E-state index contributed by atoms with van der Waals surface area (Å²) in [6, 6.07) is 5.94. The molecule has 0 saturated carbocycles. The maximum atomic E-state index is 13.2. The summed E-state index contributed by atoms with van der Waals surface area (Å²) in [6.45, 7) is 3.38. The average Bonchev–Trinajstić information content (AvgIpc) is 3.19. The average molecular weight is 385 g/mol. The Balaban J connectivity index is 1.62. The number of carbonyl (C=O) groups excluding carboxylic acids is 1. The van der Waals surface area contributed by atoms with E-state index >= 15 is 0 Å². The van der Waals surface area contributed by atoms with E-state index < -0.39 is 0 Å². The number of benzene rings is 1. The van der Waals surface area contributed by atoms with Crippen LogP contribution < -0.4 is 10.2 Å². The van der Waals surface area contributed by atoms with Gasteiger partial charge in [-0.25, -0.2) is 4.39 Å². The Morgan fingerprint density at radius 1 is 1.32 bits per heavy atom. The summed E-state index contributed by atoms with van der Waals surface area (Å²) in [5.41, 5.74) is 1.55. The SMILES string of the molecule is CCOC(=O)[C@H]1CCCN(c2nc(Nc3ccc(F)cc3)c3n[nH]nc3n2)C1. The highest BCUT2D eigenvalue weighted by Crippen LogP contribution is 2.27. The second-order valence-electron chi connectivity index (χ2n) is 6.54. The summed E-state index contributed by atoms with van der Waals surface area (Å²) in [6.07, 6.45) is 1.62. The van der Waals surface area contributed by atoms with Gasteiger partial charge in [0.15, 0.2) is 11.3 Å². The van der Waals surface area contributed by atoms with Gasteiger partial charge in [-0.3, -0.25) is 4.79 Å². The van der Waals surface area contributed by atoms with Crippen molar-refractivity contribution in [3.63, 3.8) is 0 Å². The van der Waals surface area contributed by atoms with Crippen molar-refractivity contribution in [2.24, 2.45) is 5.92 Å². The predicted molar refractivity (Wildman–Crippen MR) is 101 cm³/mol. The van der Waals surface area contributed by atoms with Gasteiger partial charge in [0.25, 0.3) is 0 Å². The molecule has 9 nitrogen and oxygen atoms in total. The lowest BCUT2D eigenvalue weighted by Gasteiger charge is -2.31. The van der Waals surface area contributed by atoms with Crippen LogP contribution in [0, 0.1) is 11.7 Å². The van der Waals surface area contributed by atoms with Crippen molar-refractivity contribution in [2.45, 2.75) is 19.8 Å². The molecule has 0 unspecified atom stereocenters. The van der Waals surface area contributed by atoms with Crippen LogP contribution in [0.2, 0.25) is 0 Å². The molecule has 1 fully saturated rings. The highest BCUT2D eigenvalue weighted by atomic mass is 19.1. The first-order chi connectivity index (χ1) is 13.6. The number of piperidine rings is 1. The molecule has 0 amide bonds. The van der Waals surface area contributed by atoms with Gasteiger partial charge in [0.2, 0.25) is 11.6 Å². The number of halogens is 1. The first kappa shape index (κ1) is 18.1. The fourth-order valence-corrected chi connectivity index (χ4v) is 3.24. The largest absolute Gasteiger partial charge is 0.466 e. The molecule has 1 aromatic carbocycles. The van der Waals surface area contributed by atoms with Crippen LogP contribution in [-0.2, 0) is 9.53 Å². The number of carbonyl (C=O) groups is 1. The van der Waals surface area contributed by atoms with Crippen LogP contribution in [0.25, 0.3) is 11.2 Å². The minimum absolute atomic E-state index is 0.195. The number of fused-ring (bicyclic) bond motifs is 1. The number of hydrogen-bond acceptors (Lipinski definition) is 8. The minimum Gasteiger partial charge on any atom is -0.466 e. The summed E-state index contributed by atoms with van der Waals surface area (Å²) in [4.78, 5) is 23.1. The molecule has 0 radical (unpaired) electrons. The molecule has 2 aromatic heterocycles. The van der Waals surface area contributed by atoms with E-state index in [-0.39, 0.29) is 17.7 Å². The maximum Gasteiger partial charge on any atom is 0.310 e. The second-order valence-corrected chi connectivity index (χ2v) is 6.54. The summed E-state index contributed by atoms with van der Waals surface area (Å²) in [5.74, 6) is 0.190. The minimum atomic E-state index is -0.321. The number of rotatable bonds is 5. The number of nitrogens with zero attached hydrogens (tertiary/aromatic N) is 5. The molecule has 4 rings (SSSR count). The van der Waals surface area contributed by atoms with Crippen molar-refractivity contribution in [1.29, 1.82) is 0 Å². The first-order valence-electron chi connectivity index (χ1n) is 9.16. The number of esters is 1. The van der Waals surface area contributed by atoms with Crippen LogP contribution in [0.3, 0.4) is 0 Å². The molecular weight excluding hydrogens is 365 g/mol. The Hall–Kier alpha value is -3.30. The summed E-state index contributed by atoms with van der Waals surface area (Å²) >= 11 is 0. The number of anilines is 3. The molecule has 1 saturated heterocycles. The van der Waals surface area contributed by atoms with Crippen molar-refractivity contribution in [1.82, 2.24) is 25.4 Å². The van der Waals surface area contributed by atoms with Gasteiger partial charge < -0.3 is 15.0 Å². The lowest BCUT2D eigenvalue weighted by Crippen LogP contribution is -2.40. The molecule has 10 heteroatoms. The van der Waals surface area contributed by atoms with E-state index in [1.54, 1.807) is 19.1 Å². The van der Waals surface area contributed by atoms with Gasteiger partial charge in [0.1, 0.15) is 5.82 Å². The first-order valence-corrected chi connectivity index (χ1v) is 9.16. The summed E-state index contributed by atoms with van der Waals surface area (Å²) in [7, 11) is 0. The molecule has 1 atom stereocenters. The maximum absolute atomic E-state index is 13.2. The second kappa shape index (κ2) is 7.75. The van der Waals surface area contributed by atoms with Crippen molar-refractivity contribution in [3.8, 4) is 0 Å². The summed E-state index contributed by atoms with van der Waals surface area (Å²) < 4.78 is 18.3. The number of hydrogen-bond donors (Lipinski definition) is 2. The fraction of sp³-hybridized carbons (Fsp3) is 0.389. The van der Waals surface area contributed by atoms with Gasteiger partial charge in [0.05, 0.1) is 12.5 Å². The molecule has 1 aliphatic heterocycles. The molecule has 0 bridgehead atoms. The van der Waals surface area contributed by atoms with Crippen LogP contribution in [-0.4, -0.2) is 51.0 Å². The molecule has 2 N–H and O–H groups in total. The fourth-order valence-electron chi connectivity index (χ4n) is 3.24. The molecular formula is C18H20FN7O2. The Morgan fingerprint density at radius 2 is 2.14 bits per heavy atom. The Kier molecular flexibility index (Phi) is 5.00. The lowest BCUT2D eigenvalue weighted by molar-refractivity contribution is -0.148. The standard InChI is InChI=1S/C18H20FN7O2/c1-2-28-17(27)11-4-3-9-26(10-11)18-21-15(14-16(22-18)24-25-23-14)20-13-7-5-12(19)6-8-13/h5-8,11H,2-4,9-10H2,1H3,(H2,20,21,22,23,24,25)/t11-/m0/s1. The molecule has 0 aliphatic carbocycles. The highest BCUT2D eigenvalue weighted by Gasteiger charge is 2.29. The zero-order valence-electron chi connectivity index (χ0n) is 15.4. The van der Waals surface area contributed by atoms with Crippen LogP contribution in [0.1, 0.15) is 19.8 Å². The topological polar surface area (TPSA) is 109 Å². The van der Waals surface area contributed by atoms with Crippen molar-refractivity contribution < 1.29 is 13.9 Å². The van der Waals surface area contributed by atoms with Crippen LogP contribution in [0.15, 0.2) is 24.3 Å². The van der Waals surface area contributed by atoms with E-state index in [1.165, 1.54) is 12.1 Å². The molecule has 146 valence electrons. The van der Waals surface area contributed by atoms with Crippen molar-refractivity contribution in [2.75, 3.05) is 29.9 Å². The molecule has 3 heterocycles. The molecule has 0 spiro atoms. The number of aromatic nitrogens is 5. The van der Waals surface area contributed by atoms with Crippen LogP contribution in [0.4, 0.5) is 21.8 Å². The third-order valence-corrected chi connectivity index (χ3v) is 4.60. The third-order valence-electron chi connectivity index (χ3n) is 4.60. The summed E-state index contributed by atoms with van der Waals surface area (Å²) in [5, 5.41) is 13.9. The van der Waals surface area contributed by atoms with E-state index in [1.807, 2.05) is 4.90 Å². The monoisotopic (exact) mass is 385 g/mol. The Morgan fingerprint density at radius 3 is 2.93 bits per heavy atom. The van der Waals surface area contributed by atoms with Crippen LogP contribution in [0.5, 0.6) is 0 Å². The smallest absolute Gasteiger partial charge is 0.310 e. The van der Waals surface area contributed by atoms with Crippen molar-refractivity contribution >= 4 is 34.6 Å². The molecule has 1 aliphatic rings. The van der Waals surface area contributed by atoms with E-state index in [0.29, 0.717) is 41.8 Å². The molecule has 28 heavy (non-hydrogen) atoms. The van der Waals surface area contributed by atoms with E-state index in [0.717, 1.165) is 19.4 Å². The number of ether oxygens (including phenoxy) is 1. The number of aromatic amines is 1. The lowest BCUT2D eigenvalue weighted by atomic mass is 9.98. The van der Waals surface area contributed by atoms with Gasteiger partial charge in [-0.1, -0.05) is 0 Å².